The van der Waals surface area contributed by atoms with Crippen molar-refractivity contribution >= 4 is 17.5 Å². The molecule has 1 atom stereocenters. The molecule has 2 aromatic rings. The molecule has 4 nitrogen and oxygen atoms in total. The summed E-state index contributed by atoms with van der Waals surface area (Å²) in [7, 11) is 0. The average Bonchev–Trinajstić information content (AvgIpc) is 2.86. The Kier molecular flexibility index (Phi) is 3.90. The van der Waals surface area contributed by atoms with Crippen LogP contribution in [0, 0.1) is 6.92 Å². The monoisotopic (exact) mass is 278 g/mol. The minimum Gasteiger partial charge on any atom is -0.438 e. The van der Waals surface area contributed by atoms with Gasteiger partial charge in [0.05, 0.1) is 11.2 Å². The molecule has 0 saturated heterocycles. The van der Waals surface area contributed by atoms with E-state index in [0.717, 1.165) is 5.56 Å². The highest BCUT2D eigenvalue weighted by molar-refractivity contribution is 6.18. The number of carbonyl (C=O) groups excluding carboxylic acids is 1. The maximum absolute atomic E-state index is 12.2. The van der Waals surface area contributed by atoms with Crippen LogP contribution in [-0.4, -0.2) is 16.8 Å². The van der Waals surface area contributed by atoms with Crippen molar-refractivity contribution in [1.29, 1.82) is 0 Å². The number of aromatic nitrogens is 1. The van der Waals surface area contributed by atoms with Gasteiger partial charge >= 0.3 is 0 Å². The molecule has 0 saturated carbocycles. The van der Waals surface area contributed by atoms with Gasteiger partial charge in [0.2, 0.25) is 5.76 Å². The van der Waals surface area contributed by atoms with Gasteiger partial charge in [0.1, 0.15) is 0 Å². The summed E-state index contributed by atoms with van der Waals surface area (Å²) in [5.41, 5.74) is 0.845. The fourth-order valence-electron chi connectivity index (χ4n) is 1.82. The molecule has 0 bridgehead atoms. The molecule has 0 fully saturated rings. The highest BCUT2D eigenvalue weighted by atomic mass is 35.5. The molecule has 1 aromatic carbocycles. The van der Waals surface area contributed by atoms with Crippen LogP contribution in [0.5, 0.6) is 0 Å². The molecule has 1 heterocycles. The lowest BCUT2D eigenvalue weighted by molar-refractivity contribution is 0.0883. The number of alkyl halides is 1. The van der Waals surface area contributed by atoms with Gasteiger partial charge < -0.3 is 9.73 Å². The van der Waals surface area contributed by atoms with Crippen LogP contribution in [0.2, 0.25) is 0 Å². The summed E-state index contributed by atoms with van der Waals surface area (Å²) in [6, 6.07) is 9.59. The standard InChI is InChI=1S/C14H15ClN2O2/c1-10-12(19-9-16-10)13(18)17-14(2,8-15)11-6-4-3-5-7-11/h3-7,9H,8H2,1-2H3,(H,17,18). The van der Waals surface area contributed by atoms with Gasteiger partial charge in [0, 0.05) is 5.88 Å². The lowest BCUT2D eigenvalue weighted by Gasteiger charge is -2.28. The van der Waals surface area contributed by atoms with Crippen LogP contribution in [0.1, 0.15) is 28.7 Å². The first-order chi connectivity index (χ1) is 9.07. The molecule has 1 amide bonds. The molecular formula is C14H15ClN2O2. The number of rotatable bonds is 4. The third kappa shape index (κ3) is 2.79. The SMILES string of the molecule is Cc1ncoc1C(=O)NC(C)(CCl)c1ccccc1. The number of carbonyl (C=O) groups is 1. The molecule has 0 aliphatic rings. The normalized spacial score (nSPS) is 13.8. The molecule has 5 heteroatoms. The Labute approximate surface area is 116 Å². The number of halogens is 1. The van der Waals surface area contributed by atoms with E-state index >= 15 is 0 Å². The molecular weight excluding hydrogens is 264 g/mol. The molecule has 19 heavy (non-hydrogen) atoms. The van der Waals surface area contributed by atoms with Crippen molar-refractivity contribution in [2.24, 2.45) is 0 Å². The summed E-state index contributed by atoms with van der Waals surface area (Å²) in [5, 5.41) is 2.90. The molecule has 0 aliphatic heterocycles. The van der Waals surface area contributed by atoms with E-state index in [1.807, 2.05) is 37.3 Å². The molecule has 2 rings (SSSR count). The molecule has 1 unspecified atom stereocenters. The number of amides is 1. The first kappa shape index (κ1) is 13.6. The molecule has 1 aromatic heterocycles. The zero-order valence-corrected chi connectivity index (χ0v) is 11.6. The number of aryl methyl sites for hydroxylation is 1. The zero-order chi connectivity index (χ0) is 13.9. The maximum atomic E-state index is 12.2. The number of hydrogen-bond acceptors (Lipinski definition) is 3. The van der Waals surface area contributed by atoms with Gasteiger partial charge in [-0.1, -0.05) is 30.3 Å². The van der Waals surface area contributed by atoms with E-state index in [1.54, 1.807) is 6.92 Å². The van der Waals surface area contributed by atoms with E-state index in [1.165, 1.54) is 6.39 Å². The van der Waals surface area contributed by atoms with Gasteiger partial charge in [-0.15, -0.1) is 11.6 Å². The highest BCUT2D eigenvalue weighted by Gasteiger charge is 2.29. The van der Waals surface area contributed by atoms with Crippen LogP contribution in [0.3, 0.4) is 0 Å². The van der Waals surface area contributed by atoms with Crippen molar-refractivity contribution in [2.75, 3.05) is 5.88 Å². The number of hydrogen-bond donors (Lipinski definition) is 1. The van der Waals surface area contributed by atoms with Crippen molar-refractivity contribution in [3.05, 3.63) is 53.7 Å². The van der Waals surface area contributed by atoms with Crippen molar-refractivity contribution in [2.45, 2.75) is 19.4 Å². The topological polar surface area (TPSA) is 55.1 Å². The predicted octanol–water partition coefficient (Wildman–Crippen LogP) is 2.87. The molecule has 1 N–H and O–H groups in total. The number of nitrogens with one attached hydrogen (secondary N) is 1. The lowest BCUT2D eigenvalue weighted by atomic mass is 9.94. The third-order valence-corrected chi connectivity index (χ3v) is 3.55. The Morgan fingerprint density at radius 1 is 1.42 bits per heavy atom. The van der Waals surface area contributed by atoms with Crippen LogP contribution in [0.25, 0.3) is 0 Å². The van der Waals surface area contributed by atoms with Gasteiger partial charge in [0.15, 0.2) is 6.39 Å². The van der Waals surface area contributed by atoms with E-state index < -0.39 is 5.54 Å². The van der Waals surface area contributed by atoms with Gasteiger partial charge in [-0.25, -0.2) is 4.98 Å². The van der Waals surface area contributed by atoms with Gasteiger partial charge in [-0.2, -0.15) is 0 Å². The first-order valence-corrected chi connectivity index (χ1v) is 6.44. The van der Waals surface area contributed by atoms with E-state index in [-0.39, 0.29) is 17.5 Å². The second kappa shape index (κ2) is 5.45. The van der Waals surface area contributed by atoms with E-state index in [4.69, 9.17) is 16.0 Å². The predicted molar refractivity (Wildman–Crippen MR) is 73.2 cm³/mol. The van der Waals surface area contributed by atoms with E-state index in [2.05, 4.69) is 10.3 Å². The fourth-order valence-corrected chi connectivity index (χ4v) is 2.04. The Morgan fingerprint density at radius 3 is 2.63 bits per heavy atom. The summed E-state index contributed by atoms with van der Waals surface area (Å²) in [5.74, 6) is 0.157. The molecule has 0 radical (unpaired) electrons. The second-order valence-electron chi connectivity index (χ2n) is 4.55. The van der Waals surface area contributed by atoms with Gasteiger partial charge in [0.25, 0.3) is 5.91 Å². The van der Waals surface area contributed by atoms with E-state index in [0.29, 0.717) is 5.69 Å². The Balaban J connectivity index is 2.25. The summed E-state index contributed by atoms with van der Waals surface area (Å²) in [4.78, 5) is 16.1. The lowest BCUT2D eigenvalue weighted by Crippen LogP contribution is -2.45. The van der Waals surface area contributed by atoms with Gasteiger partial charge in [-0.05, 0) is 19.4 Å². The smallest absolute Gasteiger partial charge is 0.289 e. The number of benzene rings is 1. The van der Waals surface area contributed by atoms with Crippen LogP contribution < -0.4 is 5.32 Å². The van der Waals surface area contributed by atoms with Crippen LogP contribution in [0.15, 0.2) is 41.1 Å². The summed E-state index contributed by atoms with van der Waals surface area (Å²) in [6.07, 6.45) is 1.25. The molecule has 100 valence electrons. The van der Waals surface area contributed by atoms with Crippen LogP contribution >= 0.6 is 11.6 Å². The Bertz CT molecular complexity index is 568. The summed E-state index contributed by atoms with van der Waals surface area (Å²) < 4.78 is 5.09. The zero-order valence-electron chi connectivity index (χ0n) is 10.8. The fraction of sp³-hybridized carbons (Fsp3) is 0.286. The van der Waals surface area contributed by atoms with Crippen molar-refractivity contribution in [3.8, 4) is 0 Å². The second-order valence-corrected chi connectivity index (χ2v) is 4.82. The third-order valence-electron chi connectivity index (χ3n) is 3.02. The quantitative estimate of drug-likeness (QED) is 0.875. The summed E-state index contributed by atoms with van der Waals surface area (Å²) in [6.45, 7) is 3.60. The maximum Gasteiger partial charge on any atom is 0.289 e. The molecule has 0 spiro atoms. The average molecular weight is 279 g/mol. The largest absolute Gasteiger partial charge is 0.438 e. The number of oxazole rings is 1. The first-order valence-electron chi connectivity index (χ1n) is 5.91. The number of nitrogens with zero attached hydrogens (tertiary/aromatic N) is 1. The van der Waals surface area contributed by atoms with Crippen LogP contribution in [-0.2, 0) is 5.54 Å². The van der Waals surface area contributed by atoms with Crippen molar-refractivity contribution in [1.82, 2.24) is 10.3 Å². The minimum absolute atomic E-state index is 0.215. The van der Waals surface area contributed by atoms with Crippen molar-refractivity contribution < 1.29 is 9.21 Å². The van der Waals surface area contributed by atoms with E-state index in [9.17, 15) is 4.79 Å². The minimum atomic E-state index is -0.654. The summed E-state index contributed by atoms with van der Waals surface area (Å²) >= 11 is 6.03. The van der Waals surface area contributed by atoms with Gasteiger partial charge in [-0.3, -0.25) is 4.79 Å². The highest BCUT2D eigenvalue weighted by Crippen LogP contribution is 2.23. The molecule has 0 aliphatic carbocycles. The Morgan fingerprint density at radius 2 is 2.11 bits per heavy atom. The van der Waals surface area contributed by atoms with Crippen LogP contribution in [0.4, 0.5) is 0 Å². The Hall–Kier alpha value is -1.81. The van der Waals surface area contributed by atoms with Crippen molar-refractivity contribution in [3.63, 3.8) is 0 Å².